The van der Waals surface area contributed by atoms with Gasteiger partial charge in [0.1, 0.15) is 0 Å². The fourth-order valence-electron chi connectivity index (χ4n) is 2.54. The zero-order chi connectivity index (χ0) is 19.6. The topological polar surface area (TPSA) is 65.5 Å². The standard InChI is InChI=1S/C22H26N4O.HI/c1-5-18-7-6-8-20(13-18)26-21(27)15-25-22(23-4)24-14-17(3)19-11-9-16(2)10-12-19;/h1,6-13,17H,14-15H2,2-4H3,(H,26,27)(H2,23,24,25);1H. The molecule has 6 heteroatoms. The summed E-state index contributed by atoms with van der Waals surface area (Å²) in [5.41, 5.74) is 3.90. The van der Waals surface area contributed by atoms with Gasteiger partial charge in [0.05, 0.1) is 6.54 Å². The zero-order valence-electron chi connectivity index (χ0n) is 16.5. The van der Waals surface area contributed by atoms with Crippen molar-refractivity contribution < 1.29 is 4.79 Å². The minimum atomic E-state index is -0.168. The summed E-state index contributed by atoms with van der Waals surface area (Å²) >= 11 is 0. The molecule has 1 atom stereocenters. The lowest BCUT2D eigenvalue weighted by atomic mass is 10.0. The number of amides is 1. The molecule has 0 aliphatic rings. The predicted molar refractivity (Wildman–Crippen MR) is 127 cm³/mol. The van der Waals surface area contributed by atoms with E-state index >= 15 is 0 Å². The smallest absolute Gasteiger partial charge is 0.243 e. The van der Waals surface area contributed by atoms with Crippen LogP contribution >= 0.6 is 24.0 Å². The lowest BCUT2D eigenvalue weighted by Crippen LogP contribution is -2.42. The molecule has 0 bridgehead atoms. The van der Waals surface area contributed by atoms with Crippen LogP contribution in [0.5, 0.6) is 0 Å². The van der Waals surface area contributed by atoms with Crippen LogP contribution < -0.4 is 16.0 Å². The number of aryl methyl sites for hydroxylation is 1. The minimum absolute atomic E-state index is 0. The van der Waals surface area contributed by atoms with Crippen molar-refractivity contribution in [3.63, 3.8) is 0 Å². The maximum absolute atomic E-state index is 12.1. The maximum atomic E-state index is 12.1. The molecule has 0 aromatic heterocycles. The third kappa shape index (κ3) is 7.61. The van der Waals surface area contributed by atoms with Crippen LogP contribution in [-0.4, -0.2) is 32.0 Å². The summed E-state index contributed by atoms with van der Waals surface area (Å²) in [6.07, 6.45) is 5.37. The number of nitrogens with one attached hydrogen (secondary N) is 3. The number of benzene rings is 2. The van der Waals surface area contributed by atoms with Gasteiger partial charge in [-0.15, -0.1) is 30.4 Å². The number of aliphatic imine (C=N–C) groups is 1. The van der Waals surface area contributed by atoms with Crippen molar-refractivity contribution in [3.8, 4) is 12.3 Å². The zero-order valence-corrected chi connectivity index (χ0v) is 18.8. The van der Waals surface area contributed by atoms with Gasteiger partial charge < -0.3 is 16.0 Å². The molecule has 0 spiro atoms. The molecular weight excluding hydrogens is 463 g/mol. The van der Waals surface area contributed by atoms with E-state index in [1.54, 1.807) is 19.2 Å². The average molecular weight is 490 g/mol. The van der Waals surface area contributed by atoms with Gasteiger partial charge in [-0.1, -0.05) is 48.7 Å². The van der Waals surface area contributed by atoms with Crippen LogP contribution in [0, 0.1) is 19.3 Å². The van der Waals surface area contributed by atoms with Gasteiger partial charge in [-0.05, 0) is 36.6 Å². The number of nitrogens with zero attached hydrogens (tertiary/aromatic N) is 1. The van der Waals surface area contributed by atoms with Gasteiger partial charge >= 0.3 is 0 Å². The Hall–Kier alpha value is -2.53. The quantitative estimate of drug-likeness (QED) is 0.252. The summed E-state index contributed by atoms with van der Waals surface area (Å²) in [4.78, 5) is 16.3. The summed E-state index contributed by atoms with van der Waals surface area (Å²) in [5.74, 6) is 3.29. The first-order chi connectivity index (χ1) is 13.0. The first-order valence-corrected chi connectivity index (χ1v) is 8.89. The fourth-order valence-corrected chi connectivity index (χ4v) is 2.54. The first-order valence-electron chi connectivity index (χ1n) is 8.89. The number of rotatable bonds is 6. The highest BCUT2D eigenvalue weighted by atomic mass is 127. The van der Waals surface area contributed by atoms with E-state index in [-0.39, 0.29) is 36.4 Å². The van der Waals surface area contributed by atoms with Crippen molar-refractivity contribution in [1.82, 2.24) is 10.6 Å². The lowest BCUT2D eigenvalue weighted by Gasteiger charge is -2.16. The molecule has 0 saturated heterocycles. The van der Waals surface area contributed by atoms with E-state index in [4.69, 9.17) is 6.42 Å². The number of guanidine groups is 1. The van der Waals surface area contributed by atoms with E-state index in [0.717, 1.165) is 5.56 Å². The number of terminal acetylenes is 1. The van der Waals surface area contributed by atoms with Gasteiger partial charge in [-0.25, -0.2) is 0 Å². The maximum Gasteiger partial charge on any atom is 0.243 e. The first kappa shape index (κ1) is 23.5. The highest BCUT2D eigenvalue weighted by Crippen LogP contribution is 2.14. The molecule has 2 rings (SSSR count). The van der Waals surface area contributed by atoms with Crippen LogP contribution in [0.2, 0.25) is 0 Å². The lowest BCUT2D eigenvalue weighted by molar-refractivity contribution is -0.115. The number of carbonyl (C=O) groups is 1. The van der Waals surface area contributed by atoms with E-state index in [9.17, 15) is 4.79 Å². The molecule has 1 amide bonds. The third-order valence-electron chi connectivity index (χ3n) is 4.18. The Morgan fingerprint density at radius 2 is 1.89 bits per heavy atom. The number of hydrogen-bond donors (Lipinski definition) is 3. The van der Waals surface area contributed by atoms with Crippen LogP contribution in [0.4, 0.5) is 5.69 Å². The second-order valence-electron chi connectivity index (χ2n) is 6.39. The van der Waals surface area contributed by atoms with Gasteiger partial charge in [-0.3, -0.25) is 9.79 Å². The second kappa shape index (κ2) is 12.0. The van der Waals surface area contributed by atoms with Gasteiger partial charge in [0.25, 0.3) is 0 Å². The van der Waals surface area contributed by atoms with Crippen molar-refractivity contribution in [2.75, 3.05) is 25.5 Å². The van der Waals surface area contributed by atoms with Crippen molar-refractivity contribution in [2.24, 2.45) is 4.99 Å². The van der Waals surface area contributed by atoms with Crippen LogP contribution in [0.25, 0.3) is 0 Å². The van der Waals surface area contributed by atoms with Crippen molar-refractivity contribution in [1.29, 1.82) is 0 Å². The molecule has 0 aliphatic carbocycles. The van der Waals surface area contributed by atoms with Gasteiger partial charge in [0.15, 0.2) is 5.96 Å². The molecule has 148 valence electrons. The molecule has 5 nitrogen and oxygen atoms in total. The Morgan fingerprint density at radius 3 is 2.54 bits per heavy atom. The number of carbonyl (C=O) groups excluding carboxylic acids is 1. The Labute approximate surface area is 184 Å². The van der Waals surface area contributed by atoms with Crippen molar-refractivity contribution in [3.05, 3.63) is 65.2 Å². The molecule has 1 unspecified atom stereocenters. The molecule has 0 radical (unpaired) electrons. The van der Waals surface area contributed by atoms with Crippen LogP contribution in [0.1, 0.15) is 29.5 Å². The van der Waals surface area contributed by atoms with Gasteiger partial charge in [0, 0.05) is 24.8 Å². The Bertz CT molecular complexity index is 840. The summed E-state index contributed by atoms with van der Waals surface area (Å²) < 4.78 is 0. The molecule has 0 heterocycles. The SMILES string of the molecule is C#Cc1cccc(NC(=O)CNC(=NC)NCC(C)c2ccc(C)cc2)c1.I. The molecular formula is C22H27IN4O. The third-order valence-corrected chi connectivity index (χ3v) is 4.18. The monoisotopic (exact) mass is 490 g/mol. The van der Waals surface area contributed by atoms with Gasteiger partial charge in [-0.2, -0.15) is 0 Å². The highest BCUT2D eigenvalue weighted by Gasteiger charge is 2.08. The second-order valence-corrected chi connectivity index (χ2v) is 6.39. The van der Waals surface area contributed by atoms with Gasteiger partial charge in [0.2, 0.25) is 5.91 Å². The summed E-state index contributed by atoms with van der Waals surface area (Å²) in [7, 11) is 1.68. The number of hydrogen-bond acceptors (Lipinski definition) is 2. The molecule has 0 saturated carbocycles. The van der Waals surface area contributed by atoms with E-state index in [1.165, 1.54) is 11.1 Å². The van der Waals surface area contributed by atoms with E-state index in [2.05, 4.69) is 65.0 Å². The molecule has 3 N–H and O–H groups in total. The highest BCUT2D eigenvalue weighted by molar-refractivity contribution is 14.0. The molecule has 2 aromatic rings. The minimum Gasteiger partial charge on any atom is -0.356 e. The van der Waals surface area contributed by atoms with E-state index in [1.807, 2.05) is 12.1 Å². The Balaban J connectivity index is 0.00000392. The Kier molecular flexibility index (Phi) is 10.1. The van der Waals surface area contributed by atoms with Crippen LogP contribution in [0.15, 0.2) is 53.5 Å². The molecule has 0 fully saturated rings. The normalized spacial score (nSPS) is 11.6. The Morgan fingerprint density at radius 1 is 1.18 bits per heavy atom. The summed E-state index contributed by atoms with van der Waals surface area (Å²) in [6, 6.07) is 15.7. The van der Waals surface area contributed by atoms with Crippen molar-refractivity contribution >= 4 is 41.5 Å². The fraction of sp³-hybridized carbons (Fsp3) is 0.273. The van der Waals surface area contributed by atoms with Crippen LogP contribution in [0.3, 0.4) is 0 Å². The van der Waals surface area contributed by atoms with Crippen LogP contribution in [-0.2, 0) is 4.79 Å². The predicted octanol–water partition coefficient (Wildman–Crippen LogP) is 3.50. The largest absolute Gasteiger partial charge is 0.356 e. The molecule has 28 heavy (non-hydrogen) atoms. The molecule has 0 aliphatic heterocycles. The van der Waals surface area contributed by atoms with Crippen molar-refractivity contribution in [2.45, 2.75) is 19.8 Å². The van der Waals surface area contributed by atoms with E-state index < -0.39 is 0 Å². The number of anilines is 1. The summed E-state index contributed by atoms with van der Waals surface area (Å²) in [5, 5.41) is 9.08. The van der Waals surface area contributed by atoms with E-state index in [0.29, 0.717) is 24.1 Å². The number of halogens is 1. The average Bonchev–Trinajstić information content (AvgIpc) is 2.68. The summed E-state index contributed by atoms with van der Waals surface area (Å²) in [6.45, 7) is 5.05. The molecule has 2 aromatic carbocycles.